The van der Waals surface area contributed by atoms with Crippen molar-refractivity contribution in [3.05, 3.63) is 48.2 Å². The minimum Gasteiger partial charge on any atom is -0.352 e. The Morgan fingerprint density at radius 1 is 1.19 bits per heavy atom. The third-order valence-electron chi connectivity index (χ3n) is 4.88. The number of carbonyl (C=O) groups is 2. The van der Waals surface area contributed by atoms with E-state index < -0.39 is 0 Å². The zero-order chi connectivity index (χ0) is 19.1. The molecule has 0 spiro atoms. The molecule has 2 amide bonds. The van der Waals surface area contributed by atoms with E-state index in [9.17, 15) is 9.59 Å². The fourth-order valence-corrected chi connectivity index (χ4v) is 3.49. The summed E-state index contributed by atoms with van der Waals surface area (Å²) in [6.07, 6.45) is 5.96. The molecule has 3 rings (SSSR count). The number of nitrogens with zero attached hydrogens (tertiary/aromatic N) is 3. The summed E-state index contributed by atoms with van der Waals surface area (Å²) in [7, 11) is 1.82. The highest BCUT2D eigenvalue weighted by Gasteiger charge is 2.24. The van der Waals surface area contributed by atoms with Gasteiger partial charge in [-0.15, -0.1) is 0 Å². The Morgan fingerprint density at radius 3 is 2.74 bits per heavy atom. The predicted molar refractivity (Wildman–Crippen MR) is 104 cm³/mol. The van der Waals surface area contributed by atoms with E-state index in [-0.39, 0.29) is 11.8 Å². The van der Waals surface area contributed by atoms with Gasteiger partial charge in [0.15, 0.2) is 5.82 Å². The lowest BCUT2D eigenvalue weighted by Gasteiger charge is -2.35. The molecule has 1 aliphatic heterocycles. The number of aryl methyl sites for hydroxylation is 1. The number of carbonyl (C=O) groups excluding carboxylic acids is 2. The molecule has 2 N–H and O–H groups in total. The van der Waals surface area contributed by atoms with Gasteiger partial charge in [0.25, 0.3) is 5.91 Å². The molecule has 0 aliphatic carbocycles. The van der Waals surface area contributed by atoms with Crippen LogP contribution in [0.3, 0.4) is 0 Å². The van der Waals surface area contributed by atoms with E-state index >= 15 is 0 Å². The van der Waals surface area contributed by atoms with Crippen molar-refractivity contribution < 1.29 is 9.59 Å². The van der Waals surface area contributed by atoms with E-state index in [1.54, 1.807) is 16.9 Å². The molecule has 2 heterocycles. The van der Waals surface area contributed by atoms with Gasteiger partial charge >= 0.3 is 0 Å². The van der Waals surface area contributed by atoms with Crippen molar-refractivity contribution >= 4 is 17.6 Å². The second-order valence-electron chi connectivity index (χ2n) is 6.95. The molecule has 1 aromatic carbocycles. The van der Waals surface area contributed by atoms with Crippen LogP contribution in [0.1, 0.15) is 36.0 Å². The van der Waals surface area contributed by atoms with Gasteiger partial charge in [-0.05, 0) is 37.9 Å². The predicted octanol–water partition coefficient (Wildman–Crippen LogP) is 2.03. The fraction of sp³-hybridized carbons (Fsp3) is 0.450. The first kappa shape index (κ1) is 19.1. The van der Waals surface area contributed by atoms with Crippen LogP contribution in [0, 0.1) is 0 Å². The van der Waals surface area contributed by atoms with Gasteiger partial charge < -0.3 is 10.6 Å². The van der Waals surface area contributed by atoms with Crippen molar-refractivity contribution in [3.8, 4) is 0 Å². The van der Waals surface area contributed by atoms with Crippen molar-refractivity contribution in [2.24, 2.45) is 7.05 Å². The Hall–Kier alpha value is -2.67. The summed E-state index contributed by atoms with van der Waals surface area (Å²) in [6.45, 7) is 1.87. The third-order valence-corrected chi connectivity index (χ3v) is 4.88. The van der Waals surface area contributed by atoms with Crippen molar-refractivity contribution in [2.75, 3.05) is 25.0 Å². The average Bonchev–Trinajstić information content (AvgIpc) is 3.08. The fourth-order valence-electron chi connectivity index (χ4n) is 3.49. The molecule has 144 valence electrons. The highest BCUT2D eigenvalue weighted by atomic mass is 16.2. The van der Waals surface area contributed by atoms with Gasteiger partial charge in [0.2, 0.25) is 5.91 Å². The maximum absolute atomic E-state index is 12.3. The van der Waals surface area contributed by atoms with Gasteiger partial charge in [-0.2, -0.15) is 5.10 Å². The van der Waals surface area contributed by atoms with Crippen molar-refractivity contribution in [2.45, 2.75) is 31.7 Å². The standard InChI is InChI=1S/C20H27N5O2/c1-24-14-11-18(23-24)22-19(26)15-25-13-6-5-9-17(25)10-12-21-20(27)16-7-3-2-4-8-16/h2-4,7-8,11,14,17H,5-6,9-10,12-13,15H2,1H3,(H,21,27)(H,22,23,26)/t17-/m1/s1. The number of hydrogen-bond acceptors (Lipinski definition) is 4. The van der Waals surface area contributed by atoms with E-state index in [1.165, 1.54) is 0 Å². The van der Waals surface area contributed by atoms with E-state index in [2.05, 4.69) is 20.6 Å². The topological polar surface area (TPSA) is 79.3 Å². The van der Waals surface area contributed by atoms with Crippen molar-refractivity contribution in [1.29, 1.82) is 0 Å². The van der Waals surface area contributed by atoms with Gasteiger partial charge in [-0.3, -0.25) is 19.2 Å². The van der Waals surface area contributed by atoms with Gasteiger partial charge in [-0.1, -0.05) is 24.6 Å². The molecule has 27 heavy (non-hydrogen) atoms. The summed E-state index contributed by atoms with van der Waals surface area (Å²) < 4.78 is 1.66. The normalized spacial score (nSPS) is 17.4. The number of hydrogen-bond donors (Lipinski definition) is 2. The van der Waals surface area contributed by atoms with Gasteiger partial charge in [0, 0.05) is 37.5 Å². The first-order chi connectivity index (χ1) is 13.1. The molecule has 1 atom stereocenters. The minimum absolute atomic E-state index is 0.0473. The molecule has 0 radical (unpaired) electrons. The number of anilines is 1. The highest BCUT2D eigenvalue weighted by molar-refractivity contribution is 5.94. The number of rotatable bonds is 7. The number of amides is 2. The van der Waals surface area contributed by atoms with Crippen LogP contribution in [0.4, 0.5) is 5.82 Å². The molecule has 0 unspecified atom stereocenters. The molecule has 1 saturated heterocycles. The Bertz CT molecular complexity index is 759. The van der Waals surface area contributed by atoms with Crippen LogP contribution >= 0.6 is 0 Å². The van der Waals surface area contributed by atoms with E-state index in [0.717, 1.165) is 32.2 Å². The molecule has 1 fully saturated rings. The summed E-state index contributed by atoms with van der Waals surface area (Å²) in [4.78, 5) is 26.7. The van der Waals surface area contributed by atoms with Gasteiger partial charge in [0.05, 0.1) is 6.54 Å². The minimum atomic E-state index is -0.0501. The van der Waals surface area contributed by atoms with Crippen molar-refractivity contribution in [3.63, 3.8) is 0 Å². The Kier molecular flexibility index (Phi) is 6.59. The summed E-state index contributed by atoms with van der Waals surface area (Å²) in [6, 6.07) is 11.3. The van der Waals surface area contributed by atoms with Crippen LogP contribution in [-0.4, -0.2) is 52.2 Å². The molecule has 0 saturated carbocycles. The van der Waals surface area contributed by atoms with Crippen LogP contribution in [0.2, 0.25) is 0 Å². The molecule has 0 bridgehead atoms. The average molecular weight is 369 g/mol. The van der Waals surface area contributed by atoms with Gasteiger partial charge in [0.1, 0.15) is 0 Å². The maximum Gasteiger partial charge on any atom is 0.251 e. The molecule has 7 nitrogen and oxygen atoms in total. The number of aromatic nitrogens is 2. The number of benzene rings is 1. The number of likely N-dealkylation sites (tertiary alicyclic amines) is 1. The lowest BCUT2D eigenvalue weighted by atomic mass is 9.99. The zero-order valence-electron chi connectivity index (χ0n) is 15.7. The zero-order valence-corrected chi connectivity index (χ0v) is 15.7. The molecule has 1 aromatic heterocycles. The quantitative estimate of drug-likeness (QED) is 0.783. The summed E-state index contributed by atoms with van der Waals surface area (Å²) >= 11 is 0. The molecular formula is C20H27N5O2. The molecule has 1 aliphatic rings. The number of piperidine rings is 1. The lowest BCUT2D eigenvalue weighted by Crippen LogP contribution is -2.45. The van der Waals surface area contributed by atoms with E-state index in [0.29, 0.717) is 30.5 Å². The van der Waals surface area contributed by atoms with Crippen LogP contribution in [0.15, 0.2) is 42.6 Å². The third kappa shape index (κ3) is 5.65. The SMILES string of the molecule is Cn1ccc(NC(=O)CN2CCCC[C@@H]2CCNC(=O)c2ccccc2)n1. The molecule has 7 heteroatoms. The largest absolute Gasteiger partial charge is 0.352 e. The smallest absolute Gasteiger partial charge is 0.251 e. The maximum atomic E-state index is 12.3. The second kappa shape index (κ2) is 9.32. The van der Waals surface area contributed by atoms with E-state index in [4.69, 9.17) is 0 Å². The number of nitrogens with one attached hydrogen (secondary N) is 2. The van der Waals surface area contributed by atoms with E-state index in [1.807, 2.05) is 37.4 Å². The highest BCUT2D eigenvalue weighted by Crippen LogP contribution is 2.19. The van der Waals surface area contributed by atoms with Crippen molar-refractivity contribution in [1.82, 2.24) is 20.0 Å². The Labute approximate surface area is 159 Å². The summed E-state index contributed by atoms with van der Waals surface area (Å²) in [5.41, 5.74) is 0.674. The Balaban J connectivity index is 1.46. The van der Waals surface area contributed by atoms with Crippen LogP contribution in [-0.2, 0) is 11.8 Å². The van der Waals surface area contributed by atoms with Gasteiger partial charge in [-0.25, -0.2) is 0 Å². The summed E-state index contributed by atoms with van der Waals surface area (Å²) in [5, 5.41) is 10.0. The molecular weight excluding hydrogens is 342 g/mol. The Morgan fingerprint density at radius 2 is 2.00 bits per heavy atom. The molecule has 2 aromatic rings. The second-order valence-corrected chi connectivity index (χ2v) is 6.95. The lowest BCUT2D eigenvalue weighted by molar-refractivity contribution is -0.118. The van der Waals surface area contributed by atoms with Crippen LogP contribution in [0.25, 0.3) is 0 Å². The first-order valence-electron chi connectivity index (χ1n) is 9.48. The van der Waals surface area contributed by atoms with Crippen LogP contribution in [0.5, 0.6) is 0 Å². The van der Waals surface area contributed by atoms with Crippen LogP contribution < -0.4 is 10.6 Å². The first-order valence-corrected chi connectivity index (χ1v) is 9.48. The monoisotopic (exact) mass is 369 g/mol. The summed E-state index contributed by atoms with van der Waals surface area (Å²) in [5.74, 6) is 0.478.